The van der Waals surface area contributed by atoms with Crippen LogP contribution in [0.1, 0.15) is 21.5 Å². The summed E-state index contributed by atoms with van der Waals surface area (Å²) < 4.78 is 1.80. The maximum absolute atomic E-state index is 12.1. The molecule has 2 heterocycles. The summed E-state index contributed by atoms with van der Waals surface area (Å²) in [6.07, 6.45) is 4.66. The number of aromatic nitrogens is 2. The molecule has 1 aromatic heterocycles. The molecule has 0 saturated carbocycles. The summed E-state index contributed by atoms with van der Waals surface area (Å²) in [7, 11) is 0. The third kappa shape index (κ3) is 2.88. The molecule has 0 spiro atoms. The first-order valence-electron chi connectivity index (χ1n) is 6.91. The number of carbonyl (C=O) groups is 1. The minimum absolute atomic E-state index is 0.0227. The summed E-state index contributed by atoms with van der Waals surface area (Å²) in [5.74, 6) is -0.0227. The lowest BCUT2D eigenvalue weighted by molar-refractivity contribution is 0.0952. The van der Waals surface area contributed by atoms with E-state index in [2.05, 4.69) is 21.8 Å². The maximum Gasteiger partial charge on any atom is 0.251 e. The van der Waals surface area contributed by atoms with Crippen molar-refractivity contribution in [1.82, 2.24) is 20.4 Å². The number of carbonyl (C=O) groups excluding carboxylic acids is 1. The number of benzene rings is 1. The molecule has 1 amide bonds. The standard InChI is InChI=1S/C15H18N4O/c20-15(17-7-9-19-8-1-5-18-19)13-3-2-12-4-6-16-11-14(12)10-13/h1-3,5,8,10,16H,4,6-7,9,11H2,(H,17,20). The van der Waals surface area contributed by atoms with E-state index in [0.29, 0.717) is 13.1 Å². The molecular weight excluding hydrogens is 252 g/mol. The fourth-order valence-electron chi connectivity index (χ4n) is 2.44. The lowest BCUT2D eigenvalue weighted by Crippen LogP contribution is -2.28. The Morgan fingerprint density at radius 2 is 2.35 bits per heavy atom. The first-order valence-corrected chi connectivity index (χ1v) is 6.91. The summed E-state index contributed by atoms with van der Waals surface area (Å²) >= 11 is 0. The molecular formula is C15H18N4O. The van der Waals surface area contributed by atoms with Gasteiger partial charge in [-0.3, -0.25) is 9.48 Å². The second-order valence-corrected chi connectivity index (χ2v) is 4.94. The largest absolute Gasteiger partial charge is 0.350 e. The predicted molar refractivity (Wildman–Crippen MR) is 76.4 cm³/mol. The fourth-order valence-corrected chi connectivity index (χ4v) is 2.44. The lowest BCUT2D eigenvalue weighted by atomic mass is 9.98. The molecule has 0 bridgehead atoms. The van der Waals surface area contributed by atoms with Crippen LogP contribution in [0.3, 0.4) is 0 Å². The Morgan fingerprint density at radius 3 is 3.20 bits per heavy atom. The smallest absolute Gasteiger partial charge is 0.251 e. The van der Waals surface area contributed by atoms with Gasteiger partial charge in [0.15, 0.2) is 0 Å². The minimum atomic E-state index is -0.0227. The van der Waals surface area contributed by atoms with Gasteiger partial charge >= 0.3 is 0 Å². The van der Waals surface area contributed by atoms with Crippen LogP contribution < -0.4 is 10.6 Å². The van der Waals surface area contributed by atoms with Crippen molar-refractivity contribution in [2.75, 3.05) is 13.1 Å². The summed E-state index contributed by atoms with van der Waals surface area (Å²) in [4.78, 5) is 12.1. The molecule has 0 radical (unpaired) electrons. The Balaban J connectivity index is 1.59. The summed E-state index contributed by atoms with van der Waals surface area (Å²) in [6.45, 7) is 3.13. The number of nitrogens with one attached hydrogen (secondary N) is 2. The predicted octanol–water partition coefficient (Wildman–Crippen LogP) is 0.959. The van der Waals surface area contributed by atoms with Gasteiger partial charge in [-0.2, -0.15) is 5.10 Å². The molecule has 3 rings (SSSR count). The van der Waals surface area contributed by atoms with E-state index in [1.165, 1.54) is 11.1 Å². The molecule has 0 saturated heterocycles. The molecule has 5 heteroatoms. The molecule has 0 atom stereocenters. The van der Waals surface area contributed by atoms with Crippen molar-refractivity contribution in [3.63, 3.8) is 0 Å². The SMILES string of the molecule is O=C(NCCn1cccn1)c1ccc2c(c1)CNCC2. The molecule has 20 heavy (non-hydrogen) atoms. The third-order valence-electron chi connectivity index (χ3n) is 3.54. The molecule has 1 aliphatic rings. The van der Waals surface area contributed by atoms with Crippen molar-refractivity contribution in [3.8, 4) is 0 Å². The monoisotopic (exact) mass is 270 g/mol. The summed E-state index contributed by atoms with van der Waals surface area (Å²) in [5.41, 5.74) is 3.31. The van der Waals surface area contributed by atoms with Crippen LogP contribution in [0.25, 0.3) is 0 Å². The molecule has 2 N–H and O–H groups in total. The highest BCUT2D eigenvalue weighted by Crippen LogP contribution is 2.15. The molecule has 2 aromatic rings. The van der Waals surface area contributed by atoms with Crippen molar-refractivity contribution in [1.29, 1.82) is 0 Å². The van der Waals surface area contributed by atoms with Crippen LogP contribution in [0.2, 0.25) is 0 Å². The van der Waals surface area contributed by atoms with E-state index in [9.17, 15) is 4.79 Å². The van der Waals surface area contributed by atoms with Crippen LogP contribution in [-0.2, 0) is 19.5 Å². The summed E-state index contributed by atoms with van der Waals surface area (Å²) in [5, 5.41) is 10.3. The zero-order chi connectivity index (χ0) is 13.8. The van der Waals surface area contributed by atoms with Gasteiger partial charge in [-0.1, -0.05) is 6.07 Å². The zero-order valence-corrected chi connectivity index (χ0v) is 11.3. The zero-order valence-electron chi connectivity index (χ0n) is 11.3. The Kier molecular flexibility index (Phi) is 3.78. The first kappa shape index (κ1) is 12.9. The second-order valence-electron chi connectivity index (χ2n) is 4.94. The molecule has 104 valence electrons. The molecule has 1 aliphatic heterocycles. The Morgan fingerprint density at radius 1 is 1.40 bits per heavy atom. The topological polar surface area (TPSA) is 59.0 Å². The van der Waals surface area contributed by atoms with E-state index in [1.807, 2.05) is 24.4 Å². The number of hydrogen-bond acceptors (Lipinski definition) is 3. The van der Waals surface area contributed by atoms with Gasteiger partial charge in [0.1, 0.15) is 0 Å². The van der Waals surface area contributed by atoms with Gasteiger partial charge in [0, 0.05) is 31.0 Å². The van der Waals surface area contributed by atoms with E-state index in [0.717, 1.165) is 25.1 Å². The average Bonchev–Trinajstić information content (AvgIpc) is 3.00. The number of amides is 1. The first-order chi connectivity index (χ1) is 9.83. The van der Waals surface area contributed by atoms with Crippen LogP contribution >= 0.6 is 0 Å². The number of rotatable bonds is 4. The van der Waals surface area contributed by atoms with E-state index < -0.39 is 0 Å². The number of fused-ring (bicyclic) bond motifs is 1. The normalized spacial score (nSPS) is 13.8. The fraction of sp³-hybridized carbons (Fsp3) is 0.333. The van der Waals surface area contributed by atoms with E-state index in [1.54, 1.807) is 10.9 Å². The van der Waals surface area contributed by atoms with Gasteiger partial charge in [-0.05, 0) is 42.3 Å². The van der Waals surface area contributed by atoms with Crippen LogP contribution in [-0.4, -0.2) is 28.8 Å². The lowest BCUT2D eigenvalue weighted by Gasteiger charge is -2.17. The maximum atomic E-state index is 12.1. The Labute approximate surface area is 118 Å². The molecule has 0 aliphatic carbocycles. The van der Waals surface area contributed by atoms with Crippen LogP contribution in [0.15, 0.2) is 36.7 Å². The highest BCUT2D eigenvalue weighted by atomic mass is 16.1. The minimum Gasteiger partial charge on any atom is -0.350 e. The van der Waals surface area contributed by atoms with Gasteiger partial charge in [0.25, 0.3) is 5.91 Å². The van der Waals surface area contributed by atoms with Gasteiger partial charge < -0.3 is 10.6 Å². The molecule has 5 nitrogen and oxygen atoms in total. The van der Waals surface area contributed by atoms with Gasteiger partial charge in [-0.15, -0.1) is 0 Å². The third-order valence-corrected chi connectivity index (χ3v) is 3.54. The highest BCUT2D eigenvalue weighted by molar-refractivity contribution is 5.94. The number of hydrogen-bond donors (Lipinski definition) is 2. The number of nitrogens with zero attached hydrogens (tertiary/aromatic N) is 2. The van der Waals surface area contributed by atoms with Crippen LogP contribution in [0.5, 0.6) is 0 Å². The van der Waals surface area contributed by atoms with Crippen LogP contribution in [0.4, 0.5) is 0 Å². The van der Waals surface area contributed by atoms with Crippen molar-refractivity contribution < 1.29 is 4.79 Å². The van der Waals surface area contributed by atoms with Crippen molar-refractivity contribution in [3.05, 3.63) is 53.3 Å². The van der Waals surface area contributed by atoms with Gasteiger partial charge in [-0.25, -0.2) is 0 Å². The van der Waals surface area contributed by atoms with E-state index >= 15 is 0 Å². The van der Waals surface area contributed by atoms with Gasteiger partial charge in [0.2, 0.25) is 0 Å². The van der Waals surface area contributed by atoms with E-state index in [4.69, 9.17) is 0 Å². The van der Waals surface area contributed by atoms with E-state index in [-0.39, 0.29) is 5.91 Å². The Bertz CT molecular complexity index is 592. The highest BCUT2D eigenvalue weighted by Gasteiger charge is 2.12. The quantitative estimate of drug-likeness (QED) is 0.870. The molecule has 1 aromatic carbocycles. The van der Waals surface area contributed by atoms with Crippen molar-refractivity contribution in [2.45, 2.75) is 19.5 Å². The molecule has 0 fully saturated rings. The summed E-state index contributed by atoms with van der Waals surface area (Å²) in [6, 6.07) is 7.84. The average molecular weight is 270 g/mol. The molecule has 0 unspecified atom stereocenters. The van der Waals surface area contributed by atoms with Crippen molar-refractivity contribution in [2.24, 2.45) is 0 Å². The van der Waals surface area contributed by atoms with Crippen molar-refractivity contribution >= 4 is 5.91 Å². The van der Waals surface area contributed by atoms with Gasteiger partial charge in [0.05, 0.1) is 6.54 Å². The Hall–Kier alpha value is -2.14. The second kappa shape index (κ2) is 5.88. The van der Waals surface area contributed by atoms with Crippen LogP contribution in [0, 0.1) is 0 Å².